The van der Waals surface area contributed by atoms with Crippen molar-refractivity contribution >= 4 is 0 Å². The molecule has 1 aromatic carbocycles. The van der Waals surface area contributed by atoms with Gasteiger partial charge in [-0.15, -0.1) is 0 Å². The summed E-state index contributed by atoms with van der Waals surface area (Å²) in [6, 6.07) is 13.0. The first-order chi connectivity index (χ1) is 10.2. The maximum Gasteiger partial charge on any atom is 0.118 e. The minimum absolute atomic E-state index is 0.480. The molecule has 1 N–H and O–H groups in total. The van der Waals surface area contributed by atoms with E-state index >= 15 is 0 Å². The third-order valence-electron chi connectivity index (χ3n) is 3.65. The Kier molecular flexibility index (Phi) is 5.76. The molecule has 21 heavy (non-hydrogen) atoms. The molecule has 1 aromatic heterocycles. The van der Waals surface area contributed by atoms with E-state index in [1.807, 2.05) is 25.3 Å². The number of methoxy groups -OCH3 is 1. The van der Waals surface area contributed by atoms with Crippen molar-refractivity contribution in [3.05, 3.63) is 59.4 Å². The molecular formula is C18H24N2O. The van der Waals surface area contributed by atoms with Crippen molar-refractivity contribution in [2.24, 2.45) is 0 Å². The molecule has 1 atom stereocenters. The van der Waals surface area contributed by atoms with Crippen LogP contribution in [0.5, 0.6) is 5.75 Å². The summed E-state index contributed by atoms with van der Waals surface area (Å²) < 4.78 is 5.17. The fourth-order valence-electron chi connectivity index (χ4n) is 2.17. The lowest BCUT2D eigenvalue weighted by molar-refractivity contribution is 0.414. The molecule has 1 unspecified atom stereocenters. The van der Waals surface area contributed by atoms with Crippen LogP contribution in [0.4, 0.5) is 0 Å². The number of aromatic nitrogens is 1. The third kappa shape index (κ3) is 5.20. The first-order valence-corrected chi connectivity index (χ1v) is 7.45. The number of hydrogen-bond acceptors (Lipinski definition) is 3. The first kappa shape index (κ1) is 15.5. The smallest absolute Gasteiger partial charge is 0.118 e. The van der Waals surface area contributed by atoms with E-state index in [9.17, 15) is 0 Å². The van der Waals surface area contributed by atoms with E-state index in [1.54, 1.807) is 7.11 Å². The zero-order chi connectivity index (χ0) is 15.1. The topological polar surface area (TPSA) is 34.1 Å². The van der Waals surface area contributed by atoms with Crippen molar-refractivity contribution in [1.82, 2.24) is 10.3 Å². The van der Waals surface area contributed by atoms with Crippen LogP contribution < -0.4 is 10.1 Å². The molecule has 3 heteroatoms. The van der Waals surface area contributed by atoms with Crippen molar-refractivity contribution in [2.75, 3.05) is 7.11 Å². The standard InChI is InChI=1S/C18H24N2O/c1-14(19-12-17-7-5-15(2)20-13-17)4-6-16-8-10-18(21-3)11-9-16/h5,7-11,13-14,19H,4,6,12H2,1-3H3. The second kappa shape index (κ2) is 7.79. The molecule has 0 aliphatic carbocycles. The summed E-state index contributed by atoms with van der Waals surface area (Å²) in [6.45, 7) is 5.11. The number of nitrogens with one attached hydrogen (secondary N) is 1. The highest BCUT2D eigenvalue weighted by atomic mass is 16.5. The Labute approximate surface area is 127 Å². The molecule has 0 aliphatic heterocycles. The lowest BCUT2D eigenvalue weighted by Gasteiger charge is -2.14. The Bertz CT molecular complexity index is 534. The van der Waals surface area contributed by atoms with E-state index in [1.165, 1.54) is 11.1 Å². The molecule has 0 saturated carbocycles. The van der Waals surface area contributed by atoms with Gasteiger partial charge in [-0.3, -0.25) is 4.98 Å². The molecule has 0 aliphatic rings. The first-order valence-electron chi connectivity index (χ1n) is 7.45. The molecule has 0 fully saturated rings. The summed E-state index contributed by atoms with van der Waals surface area (Å²) in [7, 11) is 1.70. The van der Waals surface area contributed by atoms with E-state index in [0.29, 0.717) is 6.04 Å². The Morgan fingerprint density at radius 1 is 1.10 bits per heavy atom. The quantitative estimate of drug-likeness (QED) is 0.845. The second-order valence-electron chi connectivity index (χ2n) is 5.48. The van der Waals surface area contributed by atoms with E-state index < -0.39 is 0 Å². The third-order valence-corrected chi connectivity index (χ3v) is 3.65. The summed E-state index contributed by atoms with van der Waals surface area (Å²) in [6.07, 6.45) is 4.13. The molecule has 2 rings (SSSR count). The summed E-state index contributed by atoms with van der Waals surface area (Å²) >= 11 is 0. The number of nitrogens with zero attached hydrogens (tertiary/aromatic N) is 1. The molecule has 3 nitrogen and oxygen atoms in total. The Morgan fingerprint density at radius 2 is 1.81 bits per heavy atom. The summed E-state index contributed by atoms with van der Waals surface area (Å²) in [4.78, 5) is 4.32. The number of aryl methyl sites for hydroxylation is 2. The Morgan fingerprint density at radius 3 is 2.43 bits per heavy atom. The summed E-state index contributed by atoms with van der Waals surface area (Å²) in [5.74, 6) is 0.914. The fraction of sp³-hybridized carbons (Fsp3) is 0.389. The minimum atomic E-state index is 0.480. The average molecular weight is 284 g/mol. The zero-order valence-corrected chi connectivity index (χ0v) is 13.1. The highest BCUT2D eigenvalue weighted by molar-refractivity contribution is 5.27. The number of hydrogen-bond donors (Lipinski definition) is 1. The van der Waals surface area contributed by atoms with Crippen LogP contribution in [-0.4, -0.2) is 18.1 Å². The van der Waals surface area contributed by atoms with Gasteiger partial charge in [0, 0.05) is 24.5 Å². The summed E-state index contributed by atoms with van der Waals surface area (Å²) in [5, 5.41) is 3.55. The van der Waals surface area contributed by atoms with Gasteiger partial charge >= 0.3 is 0 Å². The van der Waals surface area contributed by atoms with Crippen molar-refractivity contribution in [3.8, 4) is 5.75 Å². The molecule has 0 bridgehead atoms. The van der Waals surface area contributed by atoms with Crippen LogP contribution in [0.1, 0.15) is 30.2 Å². The van der Waals surface area contributed by atoms with E-state index in [4.69, 9.17) is 4.74 Å². The van der Waals surface area contributed by atoms with Gasteiger partial charge in [0.2, 0.25) is 0 Å². The van der Waals surface area contributed by atoms with Gasteiger partial charge < -0.3 is 10.1 Å². The lowest BCUT2D eigenvalue weighted by atomic mass is 10.1. The maximum atomic E-state index is 5.17. The Balaban J connectivity index is 1.73. The molecule has 0 radical (unpaired) electrons. The van der Waals surface area contributed by atoms with Crippen LogP contribution in [0.15, 0.2) is 42.6 Å². The van der Waals surface area contributed by atoms with Crippen LogP contribution in [0.2, 0.25) is 0 Å². The average Bonchev–Trinajstić information content (AvgIpc) is 2.53. The van der Waals surface area contributed by atoms with Gasteiger partial charge in [0.25, 0.3) is 0 Å². The van der Waals surface area contributed by atoms with E-state index in [-0.39, 0.29) is 0 Å². The SMILES string of the molecule is COc1ccc(CCC(C)NCc2ccc(C)nc2)cc1. The molecule has 112 valence electrons. The highest BCUT2D eigenvalue weighted by Gasteiger charge is 2.03. The zero-order valence-electron chi connectivity index (χ0n) is 13.1. The van der Waals surface area contributed by atoms with Gasteiger partial charge in [-0.2, -0.15) is 0 Å². The number of rotatable bonds is 7. The normalized spacial score (nSPS) is 12.1. The van der Waals surface area contributed by atoms with Gasteiger partial charge in [0.15, 0.2) is 0 Å². The van der Waals surface area contributed by atoms with Crippen molar-refractivity contribution in [1.29, 1.82) is 0 Å². The van der Waals surface area contributed by atoms with Crippen LogP contribution >= 0.6 is 0 Å². The molecule has 0 saturated heterocycles. The van der Waals surface area contributed by atoms with Gasteiger partial charge in [-0.25, -0.2) is 0 Å². The molecule has 0 amide bonds. The summed E-state index contributed by atoms with van der Waals surface area (Å²) in [5.41, 5.74) is 3.64. The van der Waals surface area contributed by atoms with Crippen LogP contribution in [0.3, 0.4) is 0 Å². The predicted molar refractivity (Wildman–Crippen MR) is 86.6 cm³/mol. The van der Waals surface area contributed by atoms with Crippen LogP contribution in [-0.2, 0) is 13.0 Å². The largest absolute Gasteiger partial charge is 0.497 e. The number of benzene rings is 1. The van der Waals surface area contributed by atoms with Crippen molar-refractivity contribution in [2.45, 2.75) is 39.3 Å². The van der Waals surface area contributed by atoms with Crippen molar-refractivity contribution in [3.63, 3.8) is 0 Å². The van der Waals surface area contributed by atoms with E-state index in [2.05, 4.69) is 41.5 Å². The number of pyridine rings is 1. The maximum absolute atomic E-state index is 5.17. The molecule has 0 spiro atoms. The highest BCUT2D eigenvalue weighted by Crippen LogP contribution is 2.13. The number of ether oxygens (including phenoxy) is 1. The monoisotopic (exact) mass is 284 g/mol. The van der Waals surface area contributed by atoms with Gasteiger partial charge in [-0.1, -0.05) is 18.2 Å². The van der Waals surface area contributed by atoms with Crippen molar-refractivity contribution < 1.29 is 4.74 Å². The van der Waals surface area contributed by atoms with Crippen LogP contribution in [0.25, 0.3) is 0 Å². The van der Waals surface area contributed by atoms with Gasteiger partial charge in [-0.05, 0) is 56.0 Å². The predicted octanol–water partition coefficient (Wildman–Crippen LogP) is 3.51. The van der Waals surface area contributed by atoms with E-state index in [0.717, 1.165) is 30.8 Å². The van der Waals surface area contributed by atoms with Gasteiger partial charge in [0.05, 0.1) is 7.11 Å². The molecule has 2 aromatic rings. The minimum Gasteiger partial charge on any atom is -0.497 e. The van der Waals surface area contributed by atoms with Gasteiger partial charge in [0.1, 0.15) is 5.75 Å². The van der Waals surface area contributed by atoms with Crippen LogP contribution in [0, 0.1) is 6.92 Å². The molecular weight excluding hydrogens is 260 g/mol. The Hall–Kier alpha value is -1.87. The second-order valence-corrected chi connectivity index (χ2v) is 5.48. The lowest BCUT2D eigenvalue weighted by Crippen LogP contribution is -2.26. The molecule has 1 heterocycles. The fourth-order valence-corrected chi connectivity index (χ4v) is 2.17.